The summed E-state index contributed by atoms with van der Waals surface area (Å²) in [4.78, 5) is 0. The van der Waals surface area contributed by atoms with Crippen molar-refractivity contribution in [3.8, 4) is 0 Å². The highest BCUT2D eigenvalue weighted by Crippen LogP contribution is 2.26. The van der Waals surface area contributed by atoms with Crippen LogP contribution in [0.1, 0.15) is 33.1 Å². The van der Waals surface area contributed by atoms with E-state index >= 15 is 0 Å². The van der Waals surface area contributed by atoms with Crippen molar-refractivity contribution in [2.24, 2.45) is 5.92 Å². The Labute approximate surface area is 127 Å². The summed E-state index contributed by atoms with van der Waals surface area (Å²) in [5.41, 5.74) is 7.03. The molecule has 21 heavy (non-hydrogen) atoms. The fraction of sp³-hybridized carbons (Fsp3) is 0.600. The Hall–Kier alpha value is -1.27. The Morgan fingerprint density at radius 2 is 2.00 bits per heavy atom. The lowest BCUT2D eigenvalue weighted by Crippen LogP contribution is -2.47. The topological polar surface area (TPSA) is 66.6 Å². The first-order valence-corrected chi connectivity index (χ1v) is 8.98. The Bertz CT molecular complexity index is 566. The molecule has 1 aromatic carbocycles. The molecule has 1 aliphatic rings. The van der Waals surface area contributed by atoms with Gasteiger partial charge in [-0.3, -0.25) is 4.31 Å². The highest BCUT2D eigenvalue weighted by Gasteiger charge is 2.31. The molecule has 0 radical (unpaired) electrons. The summed E-state index contributed by atoms with van der Waals surface area (Å²) in [6, 6.07) is 7.08. The molecule has 0 atom stereocenters. The van der Waals surface area contributed by atoms with Gasteiger partial charge < -0.3 is 5.73 Å². The van der Waals surface area contributed by atoms with Crippen molar-refractivity contribution in [3.05, 3.63) is 24.3 Å². The molecule has 1 aliphatic heterocycles. The molecule has 0 bridgehead atoms. The second-order valence-corrected chi connectivity index (χ2v) is 7.61. The smallest absolute Gasteiger partial charge is 0.304 e. The molecule has 5 nitrogen and oxygen atoms in total. The summed E-state index contributed by atoms with van der Waals surface area (Å²) in [5.74, 6) is 0.600. The monoisotopic (exact) mass is 311 g/mol. The van der Waals surface area contributed by atoms with E-state index < -0.39 is 10.2 Å². The molecular formula is C15H25N3O2S. The Kier molecular flexibility index (Phi) is 5.11. The third-order valence-corrected chi connectivity index (χ3v) is 5.90. The van der Waals surface area contributed by atoms with Crippen LogP contribution in [-0.4, -0.2) is 32.4 Å². The summed E-state index contributed by atoms with van der Waals surface area (Å²) in [6.45, 7) is 5.83. The van der Waals surface area contributed by atoms with Gasteiger partial charge in [-0.15, -0.1) is 0 Å². The minimum absolute atomic E-state index is 0.470. The lowest BCUT2D eigenvalue weighted by molar-refractivity contribution is 0.287. The van der Waals surface area contributed by atoms with Gasteiger partial charge in [-0.25, -0.2) is 0 Å². The van der Waals surface area contributed by atoms with E-state index in [-0.39, 0.29) is 0 Å². The number of anilines is 2. The lowest BCUT2D eigenvalue weighted by Gasteiger charge is -2.35. The van der Waals surface area contributed by atoms with Gasteiger partial charge in [0.1, 0.15) is 0 Å². The zero-order chi connectivity index (χ0) is 15.5. The number of hydrogen-bond donors (Lipinski definition) is 1. The van der Waals surface area contributed by atoms with Crippen LogP contribution in [0.4, 0.5) is 11.4 Å². The van der Waals surface area contributed by atoms with Gasteiger partial charge >= 0.3 is 10.2 Å². The molecule has 0 aliphatic carbocycles. The second kappa shape index (κ2) is 6.66. The largest absolute Gasteiger partial charge is 0.399 e. The van der Waals surface area contributed by atoms with Crippen molar-refractivity contribution in [1.82, 2.24) is 4.31 Å². The lowest BCUT2D eigenvalue weighted by atomic mass is 10.0. The third-order valence-electron chi connectivity index (χ3n) is 3.93. The number of nitrogen functional groups attached to an aromatic ring is 1. The van der Waals surface area contributed by atoms with Gasteiger partial charge in [0.25, 0.3) is 0 Å². The third kappa shape index (κ3) is 3.68. The fourth-order valence-electron chi connectivity index (χ4n) is 2.62. The van der Waals surface area contributed by atoms with Crippen LogP contribution in [0.25, 0.3) is 0 Å². The van der Waals surface area contributed by atoms with Gasteiger partial charge in [-0.1, -0.05) is 19.9 Å². The maximum Gasteiger partial charge on any atom is 0.304 e. The number of hydrogen-bond acceptors (Lipinski definition) is 3. The number of benzene rings is 1. The average Bonchev–Trinajstić information content (AvgIpc) is 2.45. The molecule has 0 aromatic heterocycles. The van der Waals surface area contributed by atoms with Crippen LogP contribution < -0.4 is 10.0 Å². The predicted molar refractivity (Wildman–Crippen MR) is 87.4 cm³/mol. The average molecular weight is 311 g/mol. The van der Waals surface area contributed by atoms with Gasteiger partial charge in [0, 0.05) is 25.3 Å². The highest BCUT2D eigenvalue weighted by atomic mass is 32.2. The minimum Gasteiger partial charge on any atom is -0.399 e. The quantitative estimate of drug-likeness (QED) is 0.849. The van der Waals surface area contributed by atoms with E-state index in [0.717, 1.165) is 19.3 Å². The summed E-state index contributed by atoms with van der Waals surface area (Å²) >= 11 is 0. The van der Waals surface area contributed by atoms with Crippen LogP contribution in [0.15, 0.2) is 24.3 Å². The Balaban J connectivity index is 2.28. The van der Waals surface area contributed by atoms with Crippen molar-refractivity contribution in [1.29, 1.82) is 0 Å². The Morgan fingerprint density at radius 1 is 1.33 bits per heavy atom. The van der Waals surface area contributed by atoms with Crippen molar-refractivity contribution in [3.63, 3.8) is 0 Å². The van der Waals surface area contributed by atoms with E-state index in [4.69, 9.17) is 5.73 Å². The first-order chi connectivity index (χ1) is 9.95. The first kappa shape index (κ1) is 16.1. The molecule has 1 saturated heterocycles. The molecule has 0 spiro atoms. The molecule has 0 unspecified atom stereocenters. The zero-order valence-electron chi connectivity index (χ0n) is 12.8. The van der Waals surface area contributed by atoms with Gasteiger partial charge in [-0.2, -0.15) is 12.7 Å². The molecule has 0 amide bonds. The second-order valence-electron chi connectivity index (χ2n) is 5.76. The van der Waals surface area contributed by atoms with E-state index in [9.17, 15) is 8.42 Å². The van der Waals surface area contributed by atoms with E-state index in [1.165, 1.54) is 4.31 Å². The van der Waals surface area contributed by atoms with Crippen molar-refractivity contribution in [2.75, 3.05) is 29.7 Å². The zero-order valence-corrected chi connectivity index (χ0v) is 13.6. The SMILES string of the molecule is CCCN(c1cccc(N)c1)S(=O)(=O)N1CCC(C)CC1. The summed E-state index contributed by atoms with van der Waals surface area (Å²) in [5, 5.41) is 0. The molecule has 2 N–H and O–H groups in total. The van der Waals surface area contributed by atoms with Crippen LogP contribution in [0, 0.1) is 5.92 Å². The van der Waals surface area contributed by atoms with Crippen LogP contribution >= 0.6 is 0 Å². The highest BCUT2D eigenvalue weighted by molar-refractivity contribution is 7.90. The predicted octanol–water partition coefficient (Wildman–Crippen LogP) is 2.46. The van der Waals surface area contributed by atoms with Crippen LogP contribution in [0.5, 0.6) is 0 Å². The molecule has 2 rings (SSSR count). The van der Waals surface area contributed by atoms with E-state index in [1.807, 2.05) is 6.92 Å². The van der Waals surface area contributed by atoms with Gasteiger partial charge in [-0.05, 0) is 43.4 Å². The van der Waals surface area contributed by atoms with Crippen molar-refractivity contribution >= 4 is 21.6 Å². The summed E-state index contributed by atoms with van der Waals surface area (Å²) < 4.78 is 28.9. The maximum absolute atomic E-state index is 12.9. The number of nitrogens with two attached hydrogens (primary N) is 1. The number of nitrogens with zero attached hydrogens (tertiary/aromatic N) is 2. The van der Waals surface area contributed by atoms with E-state index in [0.29, 0.717) is 36.9 Å². The molecule has 1 heterocycles. The molecular weight excluding hydrogens is 286 g/mol. The first-order valence-electron chi connectivity index (χ1n) is 7.58. The normalized spacial score (nSPS) is 17.8. The van der Waals surface area contributed by atoms with Gasteiger partial charge in [0.05, 0.1) is 5.69 Å². The van der Waals surface area contributed by atoms with Crippen LogP contribution in [-0.2, 0) is 10.2 Å². The molecule has 118 valence electrons. The number of rotatable bonds is 5. The van der Waals surface area contributed by atoms with Gasteiger partial charge in [0.2, 0.25) is 0 Å². The fourth-order valence-corrected chi connectivity index (χ4v) is 4.36. The minimum atomic E-state index is -3.47. The van der Waals surface area contributed by atoms with E-state index in [2.05, 4.69) is 6.92 Å². The summed E-state index contributed by atoms with van der Waals surface area (Å²) in [6.07, 6.45) is 2.62. The molecule has 1 aromatic rings. The maximum atomic E-state index is 12.9. The molecule has 1 fully saturated rings. The Morgan fingerprint density at radius 3 is 2.57 bits per heavy atom. The molecule has 0 saturated carbocycles. The van der Waals surface area contributed by atoms with Crippen molar-refractivity contribution in [2.45, 2.75) is 33.1 Å². The van der Waals surface area contributed by atoms with Crippen LogP contribution in [0.2, 0.25) is 0 Å². The van der Waals surface area contributed by atoms with Gasteiger partial charge in [0.15, 0.2) is 0 Å². The summed E-state index contributed by atoms with van der Waals surface area (Å²) in [7, 11) is -3.47. The molecule has 6 heteroatoms. The van der Waals surface area contributed by atoms with E-state index in [1.54, 1.807) is 28.6 Å². The number of piperidine rings is 1. The standard InChI is InChI=1S/C15H25N3O2S/c1-3-9-18(15-6-4-5-14(16)12-15)21(19,20)17-10-7-13(2)8-11-17/h4-6,12-13H,3,7-11,16H2,1-2H3. The van der Waals surface area contributed by atoms with Crippen molar-refractivity contribution < 1.29 is 8.42 Å². The van der Waals surface area contributed by atoms with Crippen LogP contribution in [0.3, 0.4) is 0 Å².